The van der Waals surface area contributed by atoms with Gasteiger partial charge in [-0.1, -0.05) is 12.1 Å². The molecular formula is C23H25N3O4. The summed E-state index contributed by atoms with van der Waals surface area (Å²) in [7, 11) is 3.48. The molecule has 0 atom stereocenters. The molecule has 2 amide bonds. The van der Waals surface area contributed by atoms with Crippen LogP contribution in [0.3, 0.4) is 0 Å². The number of rotatable bonds is 5. The summed E-state index contributed by atoms with van der Waals surface area (Å²) in [6, 6.07) is 12.5. The zero-order valence-corrected chi connectivity index (χ0v) is 17.3. The second-order valence-corrected chi connectivity index (χ2v) is 8.05. The van der Waals surface area contributed by atoms with Crippen LogP contribution in [-0.2, 0) is 18.3 Å². The van der Waals surface area contributed by atoms with Crippen molar-refractivity contribution in [2.75, 3.05) is 20.2 Å². The van der Waals surface area contributed by atoms with Crippen molar-refractivity contribution >= 4 is 22.7 Å². The van der Waals surface area contributed by atoms with Gasteiger partial charge in [-0.2, -0.15) is 0 Å². The van der Waals surface area contributed by atoms with E-state index in [0.717, 1.165) is 16.8 Å². The van der Waals surface area contributed by atoms with Crippen LogP contribution < -0.4 is 10.5 Å². The predicted molar refractivity (Wildman–Crippen MR) is 114 cm³/mol. The Hall–Kier alpha value is -3.48. The van der Waals surface area contributed by atoms with Crippen molar-refractivity contribution in [2.45, 2.75) is 13.3 Å². The first kappa shape index (κ1) is 19.8. The van der Waals surface area contributed by atoms with Crippen molar-refractivity contribution in [1.29, 1.82) is 0 Å². The van der Waals surface area contributed by atoms with Crippen LogP contribution >= 0.6 is 0 Å². The van der Waals surface area contributed by atoms with Crippen LogP contribution in [0.25, 0.3) is 10.9 Å². The minimum absolute atomic E-state index is 0.107. The molecule has 1 fully saturated rings. The van der Waals surface area contributed by atoms with E-state index in [2.05, 4.69) is 0 Å². The third-order valence-electron chi connectivity index (χ3n) is 6.16. The molecule has 0 bridgehead atoms. The van der Waals surface area contributed by atoms with E-state index >= 15 is 0 Å². The van der Waals surface area contributed by atoms with Crippen molar-refractivity contribution in [1.82, 2.24) is 9.47 Å². The lowest BCUT2D eigenvalue weighted by molar-refractivity contribution is -0.135. The van der Waals surface area contributed by atoms with Gasteiger partial charge in [0.1, 0.15) is 11.5 Å². The highest BCUT2D eigenvalue weighted by Crippen LogP contribution is 2.38. The second kappa shape index (κ2) is 7.09. The van der Waals surface area contributed by atoms with Gasteiger partial charge in [0.2, 0.25) is 5.91 Å². The van der Waals surface area contributed by atoms with Crippen LogP contribution in [0, 0.1) is 12.3 Å². The number of benzene rings is 2. The van der Waals surface area contributed by atoms with Crippen LogP contribution in [0.15, 0.2) is 42.5 Å². The maximum Gasteiger partial charge on any atom is 0.256 e. The number of carbonyl (C=O) groups excluding carboxylic acids is 2. The maximum absolute atomic E-state index is 13.3. The average Bonchev–Trinajstić information content (AvgIpc) is 2.93. The molecule has 0 aliphatic carbocycles. The largest absolute Gasteiger partial charge is 0.508 e. The zero-order valence-electron chi connectivity index (χ0n) is 17.3. The van der Waals surface area contributed by atoms with Gasteiger partial charge in [-0.15, -0.1) is 0 Å². The Morgan fingerprint density at radius 1 is 1.20 bits per heavy atom. The van der Waals surface area contributed by atoms with Crippen LogP contribution in [-0.4, -0.2) is 46.6 Å². The summed E-state index contributed by atoms with van der Waals surface area (Å²) in [6.45, 7) is 2.39. The number of nitrogens with zero attached hydrogens (tertiary/aromatic N) is 2. The fourth-order valence-corrected chi connectivity index (χ4v) is 4.34. The van der Waals surface area contributed by atoms with Gasteiger partial charge in [0.05, 0.1) is 18.1 Å². The first-order valence-electron chi connectivity index (χ1n) is 9.76. The molecule has 7 nitrogen and oxygen atoms in total. The molecular weight excluding hydrogens is 382 g/mol. The van der Waals surface area contributed by atoms with Crippen molar-refractivity contribution in [3.8, 4) is 11.5 Å². The van der Waals surface area contributed by atoms with Crippen molar-refractivity contribution in [2.24, 2.45) is 18.2 Å². The molecule has 0 unspecified atom stereocenters. The molecule has 0 saturated carbocycles. The highest BCUT2D eigenvalue weighted by molar-refractivity contribution is 6.09. The Morgan fingerprint density at radius 3 is 2.60 bits per heavy atom. The van der Waals surface area contributed by atoms with E-state index in [0.29, 0.717) is 23.1 Å². The summed E-state index contributed by atoms with van der Waals surface area (Å²) in [6.07, 6.45) is 0.443. The summed E-state index contributed by atoms with van der Waals surface area (Å²) >= 11 is 0. The number of likely N-dealkylation sites (tertiary alicyclic amines) is 1. The van der Waals surface area contributed by atoms with E-state index in [-0.39, 0.29) is 24.7 Å². The van der Waals surface area contributed by atoms with Crippen molar-refractivity contribution in [3.05, 3.63) is 59.3 Å². The molecule has 156 valence electrons. The van der Waals surface area contributed by atoms with E-state index in [1.807, 2.05) is 42.8 Å². The first-order chi connectivity index (χ1) is 14.3. The summed E-state index contributed by atoms with van der Waals surface area (Å²) in [4.78, 5) is 27.3. The number of amides is 2. The van der Waals surface area contributed by atoms with Gasteiger partial charge in [0, 0.05) is 36.7 Å². The monoisotopic (exact) mass is 407 g/mol. The fourth-order valence-electron chi connectivity index (χ4n) is 4.34. The fraction of sp³-hybridized carbons (Fsp3) is 0.304. The molecule has 0 radical (unpaired) electrons. The van der Waals surface area contributed by atoms with Crippen LogP contribution in [0.4, 0.5) is 0 Å². The molecule has 0 spiro atoms. The number of carbonyl (C=O) groups is 2. The SMILES string of the molecule is COc1cccc(CC2(C(N)=O)CN(C(=O)c3c(C)n(C)c4ccc(O)cc34)C2)c1. The van der Waals surface area contributed by atoms with E-state index in [9.17, 15) is 14.7 Å². The summed E-state index contributed by atoms with van der Waals surface area (Å²) in [5.41, 5.74) is 8.11. The third kappa shape index (κ3) is 3.07. The number of fused-ring (bicyclic) bond motifs is 1. The Kier molecular flexibility index (Phi) is 4.68. The van der Waals surface area contributed by atoms with E-state index in [4.69, 9.17) is 10.5 Å². The molecule has 1 aliphatic heterocycles. The molecule has 3 N–H and O–H groups in total. The Bertz CT molecular complexity index is 1160. The number of hydrogen-bond acceptors (Lipinski definition) is 4. The number of phenols is 1. The lowest BCUT2D eigenvalue weighted by atomic mass is 9.73. The van der Waals surface area contributed by atoms with Crippen LogP contribution in [0.2, 0.25) is 0 Å². The maximum atomic E-state index is 13.3. The minimum atomic E-state index is -0.803. The van der Waals surface area contributed by atoms with Gasteiger partial charge in [0.25, 0.3) is 5.91 Å². The number of hydrogen-bond donors (Lipinski definition) is 2. The highest BCUT2D eigenvalue weighted by atomic mass is 16.5. The van der Waals surface area contributed by atoms with Gasteiger partial charge in [-0.3, -0.25) is 9.59 Å². The highest BCUT2D eigenvalue weighted by Gasteiger charge is 2.50. The van der Waals surface area contributed by atoms with E-state index in [1.165, 1.54) is 0 Å². The molecule has 1 aromatic heterocycles. The lowest BCUT2D eigenvalue weighted by Gasteiger charge is -2.48. The normalized spacial score (nSPS) is 15.1. The second-order valence-electron chi connectivity index (χ2n) is 8.05. The number of phenolic OH excluding ortho intramolecular Hbond substituents is 1. The molecule has 1 aliphatic rings. The minimum Gasteiger partial charge on any atom is -0.508 e. The standard InChI is InChI=1S/C23H25N3O4/c1-14-20(18-10-16(27)7-8-19(18)25(14)2)21(28)26-12-23(13-26,22(24)29)11-15-5-4-6-17(9-15)30-3/h4-10,27H,11-13H2,1-3H3,(H2,24,29). The van der Waals surface area contributed by atoms with Gasteiger partial charge in [-0.25, -0.2) is 0 Å². The average molecular weight is 407 g/mol. The van der Waals surface area contributed by atoms with Crippen LogP contribution in [0.1, 0.15) is 21.6 Å². The number of ether oxygens (including phenoxy) is 1. The number of aromatic hydroxyl groups is 1. The van der Waals surface area contributed by atoms with Crippen molar-refractivity contribution < 1.29 is 19.4 Å². The first-order valence-corrected chi connectivity index (χ1v) is 9.76. The van der Waals surface area contributed by atoms with E-state index < -0.39 is 11.3 Å². The number of aryl methyl sites for hydroxylation is 1. The summed E-state index contributed by atoms with van der Waals surface area (Å²) < 4.78 is 7.19. The Balaban J connectivity index is 1.61. The lowest BCUT2D eigenvalue weighted by Crippen LogP contribution is -2.64. The van der Waals surface area contributed by atoms with Gasteiger partial charge >= 0.3 is 0 Å². The molecule has 1 saturated heterocycles. The molecule has 30 heavy (non-hydrogen) atoms. The molecule has 2 aromatic carbocycles. The third-order valence-corrected chi connectivity index (χ3v) is 6.16. The molecule has 2 heterocycles. The predicted octanol–water partition coefficient (Wildman–Crippen LogP) is 2.37. The summed E-state index contributed by atoms with van der Waals surface area (Å²) in [5.74, 6) is 0.244. The smallest absolute Gasteiger partial charge is 0.256 e. The molecule has 4 rings (SSSR count). The number of methoxy groups -OCH3 is 1. The van der Waals surface area contributed by atoms with Gasteiger partial charge < -0.3 is 25.0 Å². The van der Waals surface area contributed by atoms with E-state index in [1.54, 1.807) is 30.2 Å². The number of primary amides is 1. The van der Waals surface area contributed by atoms with Gasteiger partial charge in [-0.05, 0) is 49.2 Å². The quantitative estimate of drug-likeness (QED) is 0.678. The topological polar surface area (TPSA) is 97.8 Å². The Labute approximate surface area is 174 Å². The van der Waals surface area contributed by atoms with Crippen molar-refractivity contribution in [3.63, 3.8) is 0 Å². The zero-order chi connectivity index (χ0) is 21.6. The summed E-state index contributed by atoms with van der Waals surface area (Å²) in [5, 5.41) is 10.6. The van der Waals surface area contributed by atoms with Gasteiger partial charge in [0.15, 0.2) is 0 Å². The molecule has 7 heteroatoms. The number of aromatic nitrogens is 1. The molecule has 3 aromatic rings. The van der Waals surface area contributed by atoms with Crippen LogP contribution in [0.5, 0.6) is 11.5 Å². The number of nitrogens with two attached hydrogens (primary N) is 1. The Morgan fingerprint density at radius 2 is 1.93 bits per heavy atom.